The van der Waals surface area contributed by atoms with E-state index in [1.54, 1.807) is 6.07 Å². The average Bonchev–Trinajstić information content (AvgIpc) is 2.27. The number of morpholine rings is 1. The molecule has 0 radical (unpaired) electrons. The Morgan fingerprint density at radius 1 is 1.33 bits per heavy atom. The number of rotatable bonds is 2. The monoisotopic (exact) mass is 251 g/mol. The van der Waals surface area contributed by atoms with Crippen molar-refractivity contribution in [1.82, 2.24) is 0 Å². The molecule has 0 unspecified atom stereocenters. The van der Waals surface area contributed by atoms with E-state index in [4.69, 9.17) is 4.74 Å². The SMILES string of the molecule is CC(C)c1ccc(F)c(N2CCOC(C)(C)C2)c1. The van der Waals surface area contributed by atoms with E-state index in [1.807, 2.05) is 26.0 Å². The summed E-state index contributed by atoms with van der Waals surface area (Å²) in [6, 6.07) is 5.42. The maximum Gasteiger partial charge on any atom is 0.146 e. The summed E-state index contributed by atoms with van der Waals surface area (Å²) in [5.74, 6) is 0.274. The molecule has 2 nitrogen and oxygen atoms in total. The summed E-state index contributed by atoms with van der Waals surface area (Å²) in [4.78, 5) is 2.09. The summed E-state index contributed by atoms with van der Waals surface area (Å²) in [5.41, 5.74) is 1.67. The normalized spacial score (nSPS) is 19.3. The fraction of sp³-hybridized carbons (Fsp3) is 0.600. The van der Waals surface area contributed by atoms with Crippen LogP contribution in [0, 0.1) is 5.82 Å². The van der Waals surface area contributed by atoms with Gasteiger partial charge >= 0.3 is 0 Å². The van der Waals surface area contributed by atoms with Gasteiger partial charge in [-0.25, -0.2) is 4.39 Å². The highest BCUT2D eigenvalue weighted by molar-refractivity contribution is 5.51. The zero-order chi connectivity index (χ0) is 13.3. The summed E-state index contributed by atoms with van der Waals surface area (Å²) in [5, 5.41) is 0. The summed E-state index contributed by atoms with van der Waals surface area (Å²) in [7, 11) is 0. The third kappa shape index (κ3) is 2.83. The van der Waals surface area contributed by atoms with E-state index in [9.17, 15) is 4.39 Å². The van der Waals surface area contributed by atoms with Crippen LogP contribution in [0.5, 0.6) is 0 Å². The second kappa shape index (κ2) is 4.88. The van der Waals surface area contributed by atoms with Gasteiger partial charge in [-0.1, -0.05) is 19.9 Å². The van der Waals surface area contributed by atoms with Crippen molar-refractivity contribution in [3.05, 3.63) is 29.6 Å². The van der Waals surface area contributed by atoms with E-state index >= 15 is 0 Å². The largest absolute Gasteiger partial charge is 0.372 e. The smallest absolute Gasteiger partial charge is 0.146 e. The van der Waals surface area contributed by atoms with E-state index < -0.39 is 0 Å². The van der Waals surface area contributed by atoms with Crippen LogP contribution >= 0.6 is 0 Å². The van der Waals surface area contributed by atoms with E-state index in [0.717, 1.165) is 13.1 Å². The number of anilines is 1. The molecule has 100 valence electrons. The van der Waals surface area contributed by atoms with Crippen molar-refractivity contribution in [3.63, 3.8) is 0 Å². The molecule has 0 saturated carbocycles. The van der Waals surface area contributed by atoms with Gasteiger partial charge in [0, 0.05) is 13.1 Å². The number of ether oxygens (including phenoxy) is 1. The van der Waals surface area contributed by atoms with Crippen LogP contribution in [0.3, 0.4) is 0 Å². The molecule has 1 fully saturated rings. The van der Waals surface area contributed by atoms with Crippen molar-refractivity contribution < 1.29 is 9.13 Å². The van der Waals surface area contributed by atoms with Crippen LogP contribution in [-0.2, 0) is 4.74 Å². The maximum atomic E-state index is 14.0. The van der Waals surface area contributed by atoms with Gasteiger partial charge in [-0.05, 0) is 37.5 Å². The molecule has 2 rings (SSSR count). The highest BCUT2D eigenvalue weighted by Crippen LogP contribution is 2.28. The first-order chi connectivity index (χ1) is 8.39. The molecular weight excluding hydrogens is 229 g/mol. The first-order valence-electron chi connectivity index (χ1n) is 6.57. The molecule has 0 N–H and O–H groups in total. The molecule has 1 aliphatic rings. The molecule has 0 aliphatic carbocycles. The Hall–Kier alpha value is -1.09. The van der Waals surface area contributed by atoms with Gasteiger partial charge in [-0.2, -0.15) is 0 Å². The molecular formula is C15H22FNO. The van der Waals surface area contributed by atoms with E-state index in [0.29, 0.717) is 18.2 Å². The van der Waals surface area contributed by atoms with Gasteiger partial charge in [0.25, 0.3) is 0 Å². The summed E-state index contributed by atoms with van der Waals surface area (Å²) < 4.78 is 19.7. The first-order valence-corrected chi connectivity index (χ1v) is 6.57. The minimum Gasteiger partial charge on any atom is -0.372 e. The lowest BCUT2D eigenvalue weighted by Crippen LogP contribution is -2.48. The lowest BCUT2D eigenvalue weighted by molar-refractivity contribution is -0.0278. The van der Waals surface area contributed by atoms with E-state index in [1.165, 1.54) is 5.56 Å². The van der Waals surface area contributed by atoms with E-state index in [2.05, 4.69) is 18.7 Å². The first kappa shape index (κ1) is 13.3. The molecule has 1 heterocycles. The number of hydrogen-bond acceptors (Lipinski definition) is 2. The molecule has 1 aromatic carbocycles. The Morgan fingerprint density at radius 2 is 2.06 bits per heavy atom. The van der Waals surface area contributed by atoms with Crippen molar-refractivity contribution in [2.75, 3.05) is 24.6 Å². The topological polar surface area (TPSA) is 12.5 Å². The van der Waals surface area contributed by atoms with Crippen LogP contribution in [0.2, 0.25) is 0 Å². The highest BCUT2D eigenvalue weighted by atomic mass is 19.1. The summed E-state index contributed by atoms with van der Waals surface area (Å²) in [6.07, 6.45) is 0. The predicted molar refractivity (Wildman–Crippen MR) is 72.7 cm³/mol. The second-order valence-electron chi connectivity index (χ2n) is 5.90. The lowest BCUT2D eigenvalue weighted by atomic mass is 10.0. The molecule has 1 aromatic rings. The molecule has 1 saturated heterocycles. The summed E-state index contributed by atoms with van der Waals surface area (Å²) in [6.45, 7) is 10.5. The van der Waals surface area contributed by atoms with Crippen molar-refractivity contribution in [2.24, 2.45) is 0 Å². The van der Waals surface area contributed by atoms with Crippen LogP contribution in [0.4, 0.5) is 10.1 Å². The minimum absolute atomic E-state index is 0.142. The van der Waals surface area contributed by atoms with Crippen LogP contribution in [0.1, 0.15) is 39.2 Å². The number of halogens is 1. The van der Waals surface area contributed by atoms with Crippen LogP contribution in [-0.4, -0.2) is 25.3 Å². The summed E-state index contributed by atoms with van der Waals surface area (Å²) >= 11 is 0. The quantitative estimate of drug-likeness (QED) is 0.797. The minimum atomic E-state index is -0.210. The van der Waals surface area contributed by atoms with Crippen molar-refractivity contribution in [2.45, 2.75) is 39.2 Å². The van der Waals surface area contributed by atoms with Crippen molar-refractivity contribution >= 4 is 5.69 Å². The Kier molecular flexibility index (Phi) is 3.62. The Morgan fingerprint density at radius 3 is 2.67 bits per heavy atom. The number of nitrogens with zero attached hydrogens (tertiary/aromatic N) is 1. The number of benzene rings is 1. The molecule has 0 atom stereocenters. The molecule has 0 amide bonds. The predicted octanol–water partition coefficient (Wildman–Crippen LogP) is 3.56. The zero-order valence-electron chi connectivity index (χ0n) is 11.7. The third-order valence-corrected chi connectivity index (χ3v) is 3.40. The zero-order valence-corrected chi connectivity index (χ0v) is 11.7. The van der Waals surface area contributed by atoms with Gasteiger partial charge in [0.1, 0.15) is 5.82 Å². The molecule has 18 heavy (non-hydrogen) atoms. The van der Waals surface area contributed by atoms with Gasteiger partial charge in [0.15, 0.2) is 0 Å². The molecule has 0 bridgehead atoms. The maximum absolute atomic E-state index is 14.0. The Bertz CT molecular complexity index is 429. The van der Waals surface area contributed by atoms with Crippen molar-refractivity contribution in [1.29, 1.82) is 0 Å². The van der Waals surface area contributed by atoms with Gasteiger partial charge in [-0.3, -0.25) is 0 Å². The average molecular weight is 251 g/mol. The number of hydrogen-bond donors (Lipinski definition) is 0. The lowest BCUT2D eigenvalue weighted by Gasteiger charge is -2.39. The molecule has 1 aliphatic heterocycles. The van der Waals surface area contributed by atoms with Crippen LogP contribution in [0.25, 0.3) is 0 Å². The van der Waals surface area contributed by atoms with Crippen molar-refractivity contribution in [3.8, 4) is 0 Å². The molecule has 0 aromatic heterocycles. The van der Waals surface area contributed by atoms with E-state index in [-0.39, 0.29) is 11.4 Å². The Balaban J connectivity index is 2.29. The van der Waals surface area contributed by atoms with Gasteiger partial charge in [0.05, 0.1) is 17.9 Å². The van der Waals surface area contributed by atoms with Gasteiger partial charge < -0.3 is 9.64 Å². The second-order valence-corrected chi connectivity index (χ2v) is 5.90. The van der Waals surface area contributed by atoms with Crippen LogP contribution < -0.4 is 4.90 Å². The molecule has 0 spiro atoms. The molecule has 3 heteroatoms. The fourth-order valence-electron chi connectivity index (χ4n) is 2.35. The van der Waals surface area contributed by atoms with Crippen LogP contribution in [0.15, 0.2) is 18.2 Å². The fourth-order valence-corrected chi connectivity index (χ4v) is 2.35. The standard InChI is InChI=1S/C15H22FNO/c1-11(2)12-5-6-13(16)14(9-12)17-7-8-18-15(3,4)10-17/h5-6,9,11H,7-8,10H2,1-4H3. The highest BCUT2D eigenvalue weighted by Gasteiger charge is 2.28. The van der Waals surface area contributed by atoms with Gasteiger partial charge in [-0.15, -0.1) is 0 Å². The third-order valence-electron chi connectivity index (χ3n) is 3.40. The Labute approximate surface area is 109 Å². The van der Waals surface area contributed by atoms with Gasteiger partial charge in [0.2, 0.25) is 0 Å².